The highest BCUT2D eigenvalue weighted by Gasteiger charge is 2.17. The van der Waals surface area contributed by atoms with E-state index in [0.717, 1.165) is 19.4 Å². The van der Waals surface area contributed by atoms with Crippen molar-refractivity contribution in [2.75, 3.05) is 47.5 Å². The molecule has 7 heteroatoms. The van der Waals surface area contributed by atoms with Gasteiger partial charge < -0.3 is 24.4 Å². The Labute approximate surface area is 174 Å². The predicted octanol–water partition coefficient (Wildman–Crippen LogP) is 3.86. The molecule has 28 heavy (non-hydrogen) atoms. The second-order valence-corrected chi connectivity index (χ2v) is 7.81. The normalized spacial score (nSPS) is 12.3. The fourth-order valence-electron chi connectivity index (χ4n) is 2.58. The molecule has 0 aliphatic rings. The first-order chi connectivity index (χ1) is 13.3. The number of hydrogen-bond acceptors (Lipinski definition) is 5. The number of benzene rings is 1. The lowest BCUT2D eigenvalue weighted by molar-refractivity contribution is 0.0496. The van der Waals surface area contributed by atoms with Gasteiger partial charge in [-0.15, -0.1) is 0 Å². The second-order valence-electron chi connectivity index (χ2n) is 7.40. The Morgan fingerprint density at radius 3 is 2.54 bits per heavy atom. The van der Waals surface area contributed by atoms with Gasteiger partial charge in [-0.1, -0.05) is 25.4 Å². The molecule has 1 aromatic rings. The Bertz CT molecular complexity index is 608. The minimum atomic E-state index is -0.219. The van der Waals surface area contributed by atoms with Crippen molar-refractivity contribution in [1.29, 1.82) is 0 Å². The van der Waals surface area contributed by atoms with E-state index in [1.165, 1.54) is 7.11 Å². The third kappa shape index (κ3) is 8.67. The molecule has 0 unspecified atom stereocenters. The average molecular weight is 415 g/mol. The van der Waals surface area contributed by atoms with Crippen LogP contribution in [0, 0.1) is 5.92 Å². The van der Waals surface area contributed by atoms with Gasteiger partial charge in [0.25, 0.3) is 5.91 Å². The summed E-state index contributed by atoms with van der Waals surface area (Å²) >= 11 is 6.35. The molecule has 6 nitrogen and oxygen atoms in total. The molecule has 160 valence electrons. The number of nitrogens with one attached hydrogen (secondary N) is 1. The monoisotopic (exact) mass is 414 g/mol. The Morgan fingerprint density at radius 2 is 1.96 bits per heavy atom. The lowest BCUT2D eigenvalue weighted by Crippen LogP contribution is -2.35. The van der Waals surface area contributed by atoms with E-state index in [9.17, 15) is 4.79 Å². The summed E-state index contributed by atoms with van der Waals surface area (Å²) < 4.78 is 16.9. The van der Waals surface area contributed by atoms with Gasteiger partial charge in [0.05, 0.1) is 24.8 Å². The molecule has 1 amide bonds. The molecule has 0 bridgehead atoms. The number of methoxy groups -OCH3 is 1. The zero-order valence-corrected chi connectivity index (χ0v) is 18.8. The van der Waals surface area contributed by atoms with Crippen LogP contribution < -0.4 is 14.8 Å². The lowest BCUT2D eigenvalue weighted by Gasteiger charge is -2.20. The van der Waals surface area contributed by atoms with Crippen molar-refractivity contribution in [3.05, 3.63) is 22.7 Å². The van der Waals surface area contributed by atoms with Crippen LogP contribution in [0.3, 0.4) is 0 Å². The van der Waals surface area contributed by atoms with Crippen LogP contribution in [0.5, 0.6) is 11.5 Å². The molecule has 0 saturated carbocycles. The zero-order chi connectivity index (χ0) is 21.1. The van der Waals surface area contributed by atoms with Crippen LogP contribution in [0.2, 0.25) is 5.02 Å². The molecule has 0 aliphatic carbocycles. The van der Waals surface area contributed by atoms with Crippen LogP contribution in [0.4, 0.5) is 0 Å². The predicted molar refractivity (Wildman–Crippen MR) is 114 cm³/mol. The topological polar surface area (TPSA) is 60.0 Å². The molecule has 0 saturated heterocycles. The van der Waals surface area contributed by atoms with E-state index in [0.29, 0.717) is 47.8 Å². The van der Waals surface area contributed by atoms with E-state index in [1.54, 1.807) is 12.1 Å². The molecule has 1 aromatic carbocycles. The van der Waals surface area contributed by atoms with Gasteiger partial charge in [-0.3, -0.25) is 4.79 Å². The molecular weight excluding hydrogens is 380 g/mol. The van der Waals surface area contributed by atoms with E-state index in [1.807, 2.05) is 21.0 Å². The highest BCUT2D eigenvalue weighted by atomic mass is 35.5. The molecule has 0 fully saturated rings. The molecule has 0 aromatic heterocycles. The highest BCUT2D eigenvalue weighted by molar-refractivity contribution is 6.32. The van der Waals surface area contributed by atoms with Crippen LogP contribution in [0.1, 0.15) is 44.0 Å². The van der Waals surface area contributed by atoms with Crippen molar-refractivity contribution in [1.82, 2.24) is 10.2 Å². The number of ether oxygens (including phenoxy) is 3. The van der Waals surface area contributed by atoms with Crippen molar-refractivity contribution in [3.8, 4) is 11.5 Å². The van der Waals surface area contributed by atoms with E-state index in [4.69, 9.17) is 25.8 Å². The van der Waals surface area contributed by atoms with Gasteiger partial charge in [-0.25, -0.2) is 0 Å². The third-order valence-corrected chi connectivity index (χ3v) is 4.50. The molecule has 0 radical (unpaired) electrons. The van der Waals surface area contributed by atoms with Crippen molar-refractivity contribution in [2.24, 2.45) is 5.92 Å². The standard InChI is InChI=1S/C21H35ClN2O4/c1-7-27-17(8-10-24(4)5)14-23-21(25)16-12-18(22)20(19(13-16)26-6)28-11-9-15(2)3/h12-13,15,17H,7-11,14H2,1-6H3,(H,23,25)/t17-/m1/s1. The number of halogens is 1. The summed E-state index contributed by atoms with van der Waals surface area (Å²) in [6.07, 6.45) is 1.72. The largest absolute Gasteiger partial charge is 0.493 e. The molecular formula is C21H35ClN2O4. The summed E-state index contributed by atoms with van der Waals surface area (Å²) in [5.74, 6) is 1.24. The summed E-state index contributed by atoms with van der Waals surface area (Å²) in [6.45, 7) is 8.69. The van der Waals surface area contributed by atoms with Crippen LogP contribution in [-0.2, 0) is 4.74 Å². The van der Waals surface area contributed by atoms with E-state index in [-0.39, 0.29) is 12.0 Å². The lowest BCUT2D eigenvalue weighted by atomic mass is 10.1. The summed E-state index contributed by atoms with van der Waals surface area (Å²) in [5, 5.41) is 3.29. The number of amides is 1. The van der Waals surface area contributed by atoms with Gasteiger partial charge in [0.1, 0.15) is 0 Å². The fourth-order valence-corrected chi connectivity index (χ4v) is 2.84. The zero-order valence-electron chi connectivity index (χ0n) is 18.0. The van der Waals surface area contributed by atoms with Gasteiger partial charge in [-0.05, 0) is 51.9 Å². The fraction of sp³-hybridized carbons (Fsp3) is 0.667. The van der Waals surface area contributed by atoms with E-state index < -0.39 is 0 Å². The number of nitrogens with zero attached hydrogens (tertiary/aromatic N) is 1. The second kappa shape index (κ2) is 12.9. The minimum Gasteiger partial charge on any atom is -0.493 e. The van der Waals surface area contributed by atoms with Gasteiger partial charge in [0.15, 0.2) is 11.5 Å². The first-order valence-corrected chi connectivity index (χ1v) is 10.2. The van der Waals surface area contributed by atoms with Crippen molar-refractivity contribution < 1.29 is 19.0 Å². The van der Waals surface area contributed by atoms with Gasteiger partial charge in [0.2, 0.25) is 0 Å². The maximum absolute atomic E-state index is 12.6. The Balaban J connectivity index is 2.77. The van der Waals surface area contributed by atoms with Crippen LogP contribution in [-0.4, -0.2) is 64.4 Å². The minimum absolute atomic E-state index is 0.0349. The van der Waals surface area contributed by atoms with Gasteiger partial charge >= 0.3 is 0 Å². The maximum atomic E-state index is 12.6. The van der Waals surface area contributed by atoms with E-state index in [2.05, 4.69) is 24.1 Å². The maximum Gasteiger partial charge on any atom is 0.251 e. The van der Waals surface area contributed by atoms with Crippen LogP contribution >= 0.6 is 11.6 Å². The quantitative estimate of drug-likeness (QED) is 0.531. The molecule has 1 atom stereocenters. The number of carbonyl (C=O) groups excluding carboxylic acids is 1. The molecule has 0 heterocycles. The highest BCUT2D eigenvalue weighted by Crippen LogP contribution is 2.36. The third-order valence-electron chi connectivity index (χ3n) is 4.22. The Kier molecular flexibility index (Phi) is 11.3. The first-order valence-electron chi connectivity index (χ1n) is 9.83. The van der Waals surface area contributed by atoms with Gasteiger partial charge in [-0.2, -0.15) is 0 Å². The first kappa shape index (κ1) is 24.5. The number of rotatable bonds is 13. The van der Waals surface area contributed by atoms with Gasteiger partial charge in [0, 0.05) is 25.3 Å². The molecule has 0 spiro atoms. The summed E-state index contributed by atoms with van der Waals surface area (Å²) in [6, 6.07) is 3.26. The summed E-state index contributed by atoms with van der Waals surface area (Å²) in [4.78, 5) is 14.7. The van der Waals surface area contributed by atoms with Crippen molar-refractivity contribution in [3.63, 3.8) is 0 Å². The van der Waals surface area contributed by atoms with Crippen molar-refractivity contribution >= 4 is 17.5 Å². The Hall–Kier alpha value is -1.50. The molecule has 1 N–H and O–H groups in total. The summed E-state index contributed by atoms with van der Waals surface area (Å²) in [5.41, 5.74) is 0.431. The smallest absolute Gasteiger partial charge is 0.251 e. The van der Waals surface area contributed by atoms with Crippen LogP contribution in [0.25, 0.3) is 0 Å². The van der Waals surface area contributed by atoms with Crippen molar-refractivity contribution in [2.45, 2.75) is 39.7 Å². The SMILES string of the molecule is CCO[C@H](CCN(C)C)CNC(=O)c1cc(Cl)c(OCCC(C)C)c(OC)c1. The van der Waals surface area contributed by atoms with Crippen LogP contribution in [0.15, 0.2) is 12.1 Å². The van der Waals surface area contributed by atoms with E-state index >= 15 is 0 Å². The number of hydrogen-bond donors (Lipinski definition) is 1. The summed E-state index contributed by atoms with van der Waals surface area (Å²) in [7, 11) is 5.57. The Morgan fingerprint density at radius 1 is 1.25 bits per heavy atom. The molecule has 0 aliphatic heterocycles. The molecule has 1 rings (SSSR count). The average Bonchev–Trinajstić information content (AvgIpc) is 2.64. The number of carbonyl (C=O) groups is 1.